The predicted octanol–water partition coefficient (Wildman–Crippen LogP) is 2.76. The Morgan fingerprint density at radius 3 is 2.75 bits per heavy atom. The molecule has 0 atom stereocenters. The number of rotatable bonds is 3. The quantitative estimate of drug-likeness (QED) is 0.743. The summed E-state index contributed by atoms with van der Waals surface area (Å²) in [7, 11) is 3.76. The number of hydrogen-bond acceptors (Lipinski definition) is 4. The Morgan fingerprint density at radius 2 is 2.04 bits per heavy atom. The molecule has 0 aliphatic carbocycles. The number of pyridine rings is 1. The van der Waals surface area contributed by atoms with Crippen LogP contribution in [0.25, 0.3) is 22.7 Å². The predicted molar refractivity (Wildman–Crippen MR) is 92.6 cm³/mol. The Balaban J connectivity index is 2.39. The average Bonchev–Trinajstić information content (AvgIpc) is 2.55. The second-order valence-electron chi connectivity index (χ2n) is 5.66. The number of halogens is 1. The largest absolute Gasteiger partial charge is 0.383 e. The highest BCUT2D eigenvalue weighted by molar-refractivity contribution is 5.79. The third-order valence-electron chi connectivity index (χ3n) is 3.60. The molecule has 0 bridgehead atoms. The number of hydrogen-bond donors (Lipinski definition) is 0. The summed E-state index contributed by atoms with van der Waals surface area (Å²) in [6, 6.07) is 7.58. The first-order valence-corrected chi connectivity index (χ1v) is 7.46. The molecule has 0 radical (unpaired) electrons. The molecule has 0 fully saturated rings. The third kappa shape index (κ3) is 2.90. The van der Waals surface area contributed by atoms with E-state index in [1.54, 1.807) is 30.6 Å². The molecule has 1 aromatic carbocycles. The summed E-state index contributed by atoms with van der Waals surface area (Å²) in [5.74, 6) is -0.00338. The lowest BCUT2D eigenvalue weighted by Crippen LogP contribution is -2.23. The fourth-order valence-corrected chi connectivity index (χ4v) is 2.45. The Morgan fingerprint density at radius 1 is 1.25 bits per heavy atom. The maximum absolute atomic E-state index is 13.6. The zero-order chi connectivity index (χ0) is 17.3. The van der Waals surface area contributed by atoms with Crippen LogP contribution in [0.3, 0.4) is 0 Å². The molecule has 3 rings (SSSR count). The van der Waals surface area contributed by atoms with Gasteiger partial charge in [0.1, 0.15) is 11.6 Å². The van der Waals surface area contributed by atoms with Crippen molar-refractivity contribution in [1.29, 1.82) is 0 Å². The van der Waals surface area contributed by atoms with Gasteiger partial charge in [-0.2, -0.15) is 0 Å². The van der Waals surface area contributed by atoms with Crippen molar-refractivity contribution in [3.05, 3.63) is 70.4 Å². The van der Waals surface area contributed by atoms with E-state index in [2.05, 4.69) is 9.97 Å². The summed E-state index contributed by atoms with van der Waals surface area (Å²) in [6.07, 6.45) is 5.21. The van der Waals surface area contributed by atoms with Crippen LogP contribution in [0.2, 0.25) is 0 Å². The second-order valence-corrected chi connectivity index (χ2v) is 5.66. The van der Waals surface area contributed by atoms with Gasteiger partial charge in [-0.15, -0.1) is 0 Å². The van der Waals surface area contributed by atoms with Crippen molar-refractivity contribution in [2.45, 2.75) is 6.92 Å². The van der Waals surface area contributed by atoms with Gasteiger partial charge in [0.05, 0.1) is 22.3 Å². The molecule has 0 spiro atoms. The van der Waals surface area contributed by atoms with Crippen LogP contribution in [0.4, 0.5) is 4.39 Å². The molecule has 3 aromatic rings. The SMILES string of the molecule is Cc1ncccc1-n1c(C=CN(C)C)nc2ccc(F)cc2c1=O. The highest BCUT2D eigenvalue weighted by Gasteiger charge is 2.13. The van der Waals surface area contributed by atoms with E-state index >= 15 is 0 Å². The van der Waals surface area contributed by atoms with E-state index in [0.29, 0.717) is 22.7 Å². The summed E-state index contributed by atoms with van der Waals surface area (Å²) < 4.78 is 15.0. The molecule has 0 N–H and O–H groups in total. The standard InChI is InChI=1S/C18H17FN4O/c1-12-16(5-4-9-20-12)23-17(8-10-22(2)3)21-15-7-6-13(19)11-14(15)18(23)24/h4-11H,1-3H3. The van der Waals surface area contributed by atoms with Gasteiger partial charge in [0.25, 0.3) is 5.56 Å². The normalized spacial score (nSPS) is 11.3. The van der Waals surface area contributed by atoms with Gasteiger partial charge in [-0.1, -0.05) is 0 Å². The van der Waals surface area contributed by atoms with Crippen LogP contribution >= 0.6 is 0 Å². The van der Waals surface area contributed by atoms with Crippen molar-refractivity contribution < 1.29 is 4.39 Å². The van der Waals surface area contributed by atoms with E-state index in [1.807, 2.05) is 25.9 Å². The highest BCUT2D eigenvalue weighted by atomic mass is 19.1. The number of aromatic nitrogens is 3. The van der Waals surface area contributed by atoms with Crippen molar-refractivity contribution in [3.8, 4) is 5.69 Å². The van der Waals surface area contributed by atoms with Crippen molar-refractivity contribution in [1.82, 2.24) is 19.4 Å². The van der Waals surface area contributed by atoms with Gasteiger partial charge in [0, 0.05) is 26.5 Å². The first-order valence-electron chi connectivity index (χ1n) is 7.46. The Kier molecular flexibility index (Phi) is 4.12. The molecule has 0 amide bonds. The van der Waals surface area contributed by atoms with Crippen molar-refractivity contribution >= 4 is 17.0 Å². The Bertz CT molecular complexity index is 992. The van der Waals surface area contributed by atoms with Gasteiger partial charge in [-0.05, 0) is 43.3 Å². The fraction of sp³-hybridized carbons (Fsp3) is 0.167. The maximum atomic E-state index is 13.6. The van der Waals surface area contributed by atoms with Crippen LogP contribution in [-0.2, 0) is 0 Å². The maximum Gasteiger partial charge on any atom is 0.266 e. The van der Waals surface area contributed by atoms with E-state index in [-0.39, 0.29) is 10.9 Å². The van der Waals surface area contributed by atoms with Crippen molar-refractivity contribution in [3.63, 3.8) is 0 Å². The van der Waals surface area contributed by atoms with Crippen LogP contribution < -0.4 is 5.56 Å². The van der Waals surface area contributed by atoms with E-state index in [1.165, 1.54) is 22.8 Å². The summed E-state index contributed by atoms with van der Waals surface area (Å²) >= 11 is 0. The summed E-state index contributed by atoms with van der Waals surface area (Å²) in [4.78, 5) is 23.6. The van der Waals surface area contributed by atoms with Gasteiger partial charge in [0.15, 0.2) is 0 Å². The molecule has 2 heterocycles. The molecule has 0 aliphatic rings. The summed E-state index contributed by atoms with van der Waals surface area (Å²) in [5.41, 5.74) is 1.45. The van der Waals surface area contributed by atoms with Crippen LogP contribution in [0.1, 0.15) is 11.5 Å². The van der Waals surface area contributed by atoms with Crippen LogP contribution in [0.5, 0.6) is 0 Å². The zero-order valence-electron chi connectivity index (χ0n) is 13.7. The average molecular weight is 324 g/mol. The minimum absolute atomic E-state index is 0.236. The van der Waals surface area contributed by atoms with Crippen molar-refractivity contribution in [2.24, 2.45) is 0 Å². The summed E-state index contributed by atoms with van der Waals surface area (Å²) in [5, 5.41) is 0.236. The first-order chi connectivity index (χ1) is 11.5. The van der Waals surface area contributed by atoms with Crippen LogP contribution in [-0.4, -0.2) is 33.5 Å². The van der Waals surface area contributed by atoms with Gasteiger partial charge in [-0.3, -0.25) is 14.3 Å². The molecular weight excluding hydrogens is 307 g/mol. The third-order valence-corrected chi connectivity index (χ3v) is 3.60. The van der Waals surface area contributed by atoms with E-state index in [0.717, 1.165) is 0 Å². The molecular formula is C18H17FN4O. The lowest BCUT2D eigenvalue weighted by molar-refractivity contribution is 0.567. The molecule has 0 saturated carbocycles. The molecule has 0 saturated heterocycles. The second kappa shape index (κ2) is 6.23. The van der Waals surface area contributed by atoms with Gasteiger partial charge < -0.3 is 4.90 Å². The zero-order valence-corrected chi connectivity index (χ0v) is 13.7. The van der Waals surface area contributed by atoms with E-state index < -0.39 is 5.82 Å². The highest BCUT2D eigenvalue weighted by Crippen LogP contribution is 2.16. The van der Waals surface area contributed by atoms with Crippen molar-refractivity contribution in [2.75, 3.05) is 14.1 Å². The van der Waals surface area contributed by atoms with E-state index in [4.69, 9.17) is 0 Å². The lowest BCUT2D eigenvalue weighted by atomic mass is 10.2. The topological polar surface area (TPSA) is 51.0 Å². The number of aryl methyl sites for hydroxylation is 1. The van der Waals surface area contributed by atoms with Crippen LogP contribution in [0.15, 0.2) is 47.5 Å². The summed E-state index contributed by atoms with van der Waals surface area (Å²) in [6.45, 7) is 1.82. The fourth-order valence-electron chi connectivity index (χ4n) is 2.45. The molecule has 122 valence electrons. The minimum atomic E-state index is -0.465. The number of nitrogens with zero attached hydrogens (tertiary/aromatic N) is 4. The number of benzene rings is 1. The Hall–Kier alpha value is -3.02. The molecule has 0 unspecified atom stereocenters. The van der Waals surface area contributed by atoms with Gasteiger partial charge in [0.2, 0.25) is 0 Å². The lowest BCUT2D eigenvalue weighted by Gasteiger charge is -2.13. The number of fused-ring (bicyclic) bond motifs is 1. The molecule has 2 aromatic heterocycles. The molecule has 24 heavy (non-hydrogen) atoms. The molecule has 5 nitrogen and oxygen atoms in total. The minimum Gasteiger partial charge on any atom is -0.383 e. The Labute approximate surface area is 138 Å². The smallest absolute Gasteiger partial charge is 0.266 e. The van der Waals surface area contributed by atoms with Gasteiger partial charge >= 0.3 is 0 Å². The monoisotopic (exact) mass is 324 g/mol. The molecule has 6 heteroatoms. The van der Waals surface area contributed by atoms with Gasteiger partial charge in [-0.25, -0.2) is 9.37 Å². The molecule has 0 aliphatic heterocycles. The van der Waals surface area contributed by atoms with Crippen LogP contribution in [0, 0.1) is 12.7 Å². The first kappa shape index (κ1) is 15.9. The van der Waals surface area contributed by atoms with E-state index in [9.17, 15) is 9.18 Å².